The van der Waals surface area contributed by atoms with E-state index < -0.39 is 0 Å². The molecular formula is C28H32N4O5. The minimum Gasteiger partial charge on any atom is -0.495 e. The maximum Gasteiger partial charge on any atom is 0.245 e. The van der Waals surface area contributed by atoms with Crippen molar-refractivity contribution in [3.63, 3.8) is 0 Å². The predicted octanol–water partition coefficient (Wildman–Crippen LogP) is 4.80. The lowest BCUT2D eigenvalue weighted by atomic mass is 10.1. The second-order valence-electron chi connectivity index (χ2n) is 9.18. The van der Waals surface area contributed by atoms with Crippen LogP contribution in [0.15, 0.2) is 49.3 Å². The fourth-order valence-electron chi connectivity index (χ4n) is 4.91. The summed E-state index contributed by atoms with van der Waals surface area (Å²) >= 11 is 0. The second kappa shape index (κ2) is 11.0. The van der Waals surface area contributed by atoms with E-state index in [9.17, 15) is 4.79 Å². The molecule has 2 aromatic carbocycles. The molecule has 9 nitrogen and oxygen atoms in total. The van der Waals surface area contributed by atoms with Gasteiger partial charge >= 0.3 is 0 Å². The summed E-state index contributed by atoms with van der Waals surface area (Å²) < 4.78 is 23.5. The van der Waals surface area contributed by atoms with E-state index in [2.05, 4.69) is 27.9 Å². The van der Waals surface area contributed by atoms with Gasteiger partial charge in [0.15, 0.2) is 11.5 Å². The molecule has 1 aromatic heterocycles. The van der Waals surface area contributed by atoms with Gasteiger partial charge in [-0.1, -0.05) is 12.6 Å². The molecule has 1 unspecified atom stereocenters. The van der Waals surface area contributed by atoms with Crippen LogP contribution < -0.4 is 19.5 Å². The van der Waals surface area contributed by atoms with Gasteiger partial charge in [-0.3, -0.25) is 4.79 Å². The van der Waals surface area contributed by atoms with E-state index in [4.69, 9.17) is 18.9 Å². The van der Waals surface area contributed by atoms with Crippen LogP contribution >= 0.6 is 0 Å². The number of benzene rings is 2. The Morgan fingerprint density at radius 1 is 1.08 bits per heavy atom. The molecule has 194 valence electrons. The molecule has 0 bridgehead atoms. The highest BCUT2D eigenvalue weighted by Gasteiger charge is 2.24. The molecule has 2 fully saturated rings. The Kier molecular flexibility index (Phi) is 7.41. The van der Waals surface area contributed by atoms with Gasteiger partial charge < -0.3 is 29.2 Å². The van der Waals surface area contributed by atoms with Gasteiger partial charge in [0.1, 0.15) is 24.0 Å². The Morgan fingerprint density at radius 2 is 1.89 bits per heavy atom. The van der Waals surface area contributed by atoms with E-state index in [0.29, 0.717) is 36.2 Å². The first-order valence-corrected chi connectivity index (χ1v) is 12.6. The lowest BCUT2D eigenvalue weighted by molar-refractivity contribution is -0.127. The SMILES string of the molecule is C=CC(=O)N1CCC(Oc2cc3c(Nc4cc(C5CCCO5)ccc4OC)ncnc3cc2OC)CC1. The number of hydrogen-bond donors (Lipinski definition) is 1. The summed E-state index contributed by atoms with van der Waals surface area (Å²) in [6, 6.07) is 9.82. The molecule has 1 amide bonds. The summed E-state index contributed by atoms with van der Waals surface area (Å²) in [7, 11) is 3.26. The number of nitrogens with zero attached hydrogens (tertiary/aromatic N) is 3. The van der Waals surface area contributed by atoms with Gasteiger partial charge in [-0.15, -0.1) is 0 Å². The molecule has 37 heavy (non-hydrogen) atoms. The Balaban J connectivity index is 1.43. The number of hydrogen-bond acceptors (Lipinski definition) is 8. The molecule has 0 saturated carbocycles. The van der Waals surface area contributed by atoms with Crippen molar-refractivity contribution < 1.29 is 23.7 Å². The van der Waals surface area contributed by atoms with Crippen LogP contribution in [0.4, 0.5) is 11.5 Å². The Hall–Kier alpha value is -3.85. The van der Waals surface area contributed by atoms with E-state index >= 15 is 0 Å². The van der Waals surface area contributed by atoms with Crippen LogP contribution in [0.1, 0.15) is 37.4 Å². The highest BCUT2D eigenvalue weighted by molar-refractivity contribution is 5.93. The van der Waals surface area contributed by atoms with Crippen LogP contribution in [-0.4, -0.2) is 60.8 Å². The molecule has 1 N–H and O–H groups in total. The van der Waals surface area contributed by atoms with Crippen LogP contribution in [0, 0.1) is 0 Å². The van der Waals surface area contributed by atoms with Gasteiger partial charge in [0.2, 0.25) is 5.91 Å². The summed E-state index contributed by atoms with van der Waals surface area (Å²) in [5, 5.41) is 4.24. The van der Waals surface area contributed by atoms with Gasteiger partial charge in [0, 0.05) is 44.0 Å². The fraction of sp³-hybridized carbons (Fsp3) is 0.393. The Morgan fingerprint density at radius 3 is 2.59 bits per heavy atom. The zero-order valence-corrected chi connectivity index (χ0v) is 21.2. The van der Waals surface area contributed by atoms with Crippen molar-refractivity contribution in [2.75, 3.05) is 39.2 Å². The van der Waals surface area contributed by atoms with Crippen molar-refractivity contribution in [2.45, 2.75) is 37.9 Å². The number of carbonyl (C=O) groups is 1. The topological polar surface area (TPSA) is 95.0 Å². The number of likely N-dealkylation sites (tertiary alicyclic amines) is 1. The van der Waals surface area contributed by atoms with Crippen molar-refractivity contribution >= 4 is 28.3 Å². The first-order chi connectivity index (χ1) is 18.1. The van der Waals surface area contributed by atoms with E-state index in [1.54, 1.807) is 19.1 Å². The molecule has 2 aliphatic rings. The number of aromatic nitrogens is 2. The average molecular weight is 505 g/mol. The number of anilines is 2. The highest BCUT2D eigenvalue weighted by atomic mass is 16.5. The molecule has 2 aliphatic heterocycles. The van der Waals surface area contributed by atoms with Crippen molar-refractivity contribution in [3.8, 4) is 17.2 Å². The number of nitrogens with one attached hydrogen (secondary N) is 1. The quantitative estimate of drug-likeness (QED) is 0.437. The number of methoxy groups -OCH3 is 2. The summed E-state index contributed by atoms with van der Waals surface area (Å²) in [6.07, 6.45) is 6.44. The van der Waals surface area contributed by atoms with Crippen LogP contribution in [0.3, 0.4) is 0 Å². The van der Waals surface area contributed by atoms with Crippen LogP contribution in [0.2, 0.25) is 0 Å². The number of fused-ring (bicyclic) bond motifs is 1. The molecular weight excluding hydrogens is 472 g/mol. The van der Waals surface area contributed by atoms with Gasteiger partial charge in [0.05, 0.1) is 31.5 Å². The lowest BCUT2D eigenvalue weighted by Crippen LogP contribution is -2.41. The van der Waals surface area contributed by atoms with Gasteiger partial charge in [-0.2, -0.15) is 0 Å². The molecule has 1 atom stereocenters. The third-order valence-corrected chi connectivity index (χ3v) is 6.92. The van der Waals surface area contributed by atoms with Crippen LogP contribution in [0.25, 0.3) is 10.9 Å². The van der Waals surface area contributed by atoms with Crippen molar-refractivity contribution in [2.24, 2.45) is 0 Å². The molecule has 9 heteroatoms. The van der Waals surface area contributed by atoms with Gasteiger partial charge in [-0.25, -0.2) is 9.97 Å². The first kappa shape index (κ1) is 24.8. The van der Waals surface area contributed by atoms with E-state index in [-0.39, 0.29) is 18.1 Å². The molecule has 0 spiro atoms. The summed E-state index contributed by atoms with van der Waals surface area (Å²) in [5.41, 5.74) is 2.63. The highest BCUT2D eigenvalue weighted by Crippen LogP contribution is 2.39. The molecule has 3 aromatic rings. The number of amides is 1. The predicted molar refractivity (Wildman–Crippen MR) is 141 cm³/mol. The molecule has 2 saturated heterocycles. The zero-order chi connectivity index (χ0) is 25.8. The standard InChI is InChI=1S/C28H32N4O5/c1-4-27(33)32-11-9-19(10-12-32)37-26-15-20-21(16-25(26)35-3)29-17-30-28(20)31-22-14-18(7-8-24(22)34-2)23-6-5-13-36-23/h4,7-8,14-17,19,23H,1,5-6,9-13H2,2-3H3,(H,29,30,31). The molecule has 0 radical (unpaired) electrons. The maximum absolute atomic E-state index is 11.9. The minimum absolute atomic E-state index is 0.0376. The second-order valence-corrected chi connectivity index (χ2v) is 9.18. The van der Waals surface area contributed by atoms with Gasteiger partial charge in [0.25, 0.3) is 0 Å². The summed E-state index contributed by atoms with van der Waals surface area (Å²) in [5.74, 6) is 2.50. The van der Waals surface area contributed by atoms with Crippen LogP contribution in [-0.2, 0) is 9.53 Å². The van der Waals surface area contributed by atoms with Crippen molar-refractivity contribution in [1.29, 1.82) is 0 Å². The number of piperidine rings is 1. The number of ether oxygens (including phenoxy) is 4. The molecule has 5 rings (SSSR count). The monoisotopic (exact) mass is 504 g/mol. The van der Waals surface area contributed by atoms with Crippen molar-refractivity contribution in [1.82, 2.24) is 14.9 Å². The maximum atomic E-state index is 11.9. The van der Waals surface area contributed by atoms with E-state index in [0.717, 1.165) is 54.4 Å². The molecule has 0 aliphatic carbocycles. The minimum atomic E-state index is -0.0476. The number of carbonyl (C=O) groups excluding carboxylic acids is 1. The van der Waals surface area contributed by atoms with Gasteiger partial charge in [-0.05, 0) is 42.7 Å². The third-order valence-electron chi connectivity index (χ3n) is 6.92. The van der Waals surface area contributed by atoms with Crippen molar-refractivity contribution in [3.05, 3.63) is 54.9 Å². The summed E-state index contributed by atoms with van der Waals surface area (Å²) in [4.78, 5) is 22.7. The molecule has 3 heterocycles. The van der Waals surface area contributed by atoms with Crippen LogP contribution in [0.5, 0.6) is 17.2 Å². The van der Waals surface area contributed by atoms with E-state index in [1.165, 1.54) is 12.4 Å². The first-order valence-electron chi connectivity index (χ1n) is 12.6. The smallest absolute Gasteiger partial charge is 0.245 e. The van der Waals surface area contributed by atoms with E-state index in [1.807, 2.05) is 24.3 Å². The summed E-state index contributed by atoms with van der Waals surface area (Å²) in [6.45, 7) is 5.61. The average Bonchev–Trinajstić information content (AvgIpc) is 3.48. The zero-order valence-electron chi connectivity index (χ0n) is 21.2. The fourth-order valence-corrected chi connectivity index (χ4v) is 4.91. The Labute approximate surface area is 216 Å². The lowest BCUT2D eigenvalue weighted by Gasteiger charge is -2.31. The largest absolute Gasteiger partial charge is 0.495 e. The third kappa shape index (κ3) is 5.32. The number of rotatable bonds is 8. The Bertz CT molecular complexity index is 1280. The normalized spacial score (nSPS) is 18.0.